The van der Waals surface area contributed by atoms with Crippen molar-refractivity contribution in [1.29, 1.82) is 0 Å². The average Bonchev–Trinajstić information content (AvgIpc) is 3.74. The van der Waals surface area contributed by atoms with Gasteiger partial charge >= 0.3 is 0 Å². The second-order valence-electron chi connectivity index (χ2n) is 14.3. The number of nitrogens with one attached hydrogen (secondary N) is 2. The van der Waals surface area contributed by atoms with E-state index >= 15 is 0 Å². The number of fused-ring (bicyclic) bond motifs is 4. The summed E-state index contributed by atoms with van der Waals surface area (Å²) < 4.78 is 11.3. The molecule has 2 aliphatic rings. The zero-order valence-electron chi connectivity index (χ0n) is 35.3. The molecule has 2 atom stereocenters. The van der Waals surface area contributed by atoms with Crippen LogP contribution < -0.4 is 41.5 Å². The van der Waals surface area contributed by atoms with Gasteiger partial charge in [0.15, 0.2) is 5.78 Å². The van der Waals surface area contributed by atoms with Gasteiger partial charge in [0.05, 0.1) is 28.5 Å². The number of allylic oxidation sites excluding steroid dienone is 2. The number of hydrogen-bond donors (Lipinski definition) is 3. The van der Waals surface area contributed by atoms with Gasteiger partial charge in [-0.2, -0.15) is 0 Å². The predicted molar refractivity (Wildman–Crippen MR) is 239 cm³/mol. The molecule has 2 aromatic heterocycles. The molecule has 3 N–H and O–H groups in total. The van der Waals surface area contributed by atoms with Crippen LogP contribution in [-0.2, 0) is 24.9 Å². The Bertz CT molecular complexity index is 2430. The summed E-state index contributed by atoms with van der Waals surface area (Å²) in [7, 11) is 3.93. The van der Waals surface area contributed by atoms with E-state index in [1.165, 1.54) is 19.9 Å². The minimum atomic E-state index is -0.355. The van der Waals surface area contributed by atoms with Crippen molar-refractivity contribution in [2.75, 3.05) is 70.5 Å². The molecule has 0 aliphatic carbocycles. The smallest absolute Gasteiger partial charge is 0.255 e. The fourth-order valence-electron chi connectivity index (χ4n) is 7.43. The molecule has 4 heterocycles. The van der Waals surface area contributed by atoms with Crippen LogP contribution in [-0.4, -0.2) is 51.2 Å². The van der Waals surface area contributed by atoms with Gasteiger partial charge in [0.25, 0.3) is 11.3 Å². The quantitative estimate of drug-likeness (QED) is 0.0553. The number of nitrogens with zero attached hydrogens (tertiary/aromatic N) is 4. The monoisotopic (exact) mass is 989 g/mol. The van der Waals surface area contributed by atoms with E-state index in [0.29, 0.717) is 22.3 Å². The molecule has 2 aliphatic heterocycles. The molecule has 0 spiro atoms. The summed E-state index contributed by atoms with van der Waals surface area (Å²) in [5.41, 5.74) is 7.64. The molecule has 2 unspecified atom stereocenters. The van der Waals surface area contributed by atoms with Crippen LogP contribution in [0.1, 0.15) is 65.0 Å². The van der Waals surface area contributed by atoms with Gasteiger partial charge < -0.3 is 53.8 Å². The zero-order valence-corrected chi connectivity index (χ0v) is 37.6. The Balaban J connectivity index is 0.000000194. The van der Waals surface area contributed by atoms with Gasteiger partial charge in [-0.3, -0.25) is 4.79 Å². The second kappa shape index (κ2) is 19.8. The van der Waals surface area contributed by atoms with Crippen LogP contribution in [0.3, 0.4) is 0 Å². The normalized spacial score (nSPS) is 15.0. The van der Waals surface area contributed by atoms with Crippen LogP contribution in [0.15, 0.2) is 115 Å². The Hall–Kier alpha value is -6.04. The van der Waals surface area contributed by atoms with Crippen molar-refractivity contribution in [3.05, 3.63) is 141 Å². The predicted octanol–water partition coefficient (Wildman–Crippen LogP) is 9.03. The summed E-state index contributed by atoms with van der Waals surface area (Å²) in [6.45, 7) is 14.9. The fraction of sp³-hybridized carbons (Fsp3) is 0.298. The van der Waals surface area contributed by atoms with Crippen molar-refractivity contribution in [3.63, 3.8) is 0 Å². The first-order valence-electron chi connectivity index (χ1n) is 19.9. The van der Waals surface area contributed by atoms with E-state index in [9.17, 15) is 14.4 Å². The average molecular weight is 989 g/mol. The van der Waals surface area contributed by atoms with Gasteiger partial charge in [0, 0.05) is 89.0 Å². The van der Waals surface area contributed by atoms with E-state index in [0.717, 1.165) is 71.1 Å². The first-order valence-corrected chi connectivity index (χ1v) is 19.9. The van der Waals surface area contributed by atoms with E-state index < -0.39 is 0 Å². The number of carbonyl (C=O) groups excluding carboxylic acids is 1. The first kappa shape index (κ1) is 45.1. The molecule has 0 bridgehead atoms. The topological polar surface area (TPSA) is 135 Å². The molecule has 317 valence electrons. The molecule has 60 heavy (non-hydrogen) atoms. The van der Waals surface area contributed by atoms with E-state index in [4.69, 9.17) is 13.9 Å². The number of anilines is 6. The van der Waals surface area contributed by atoms with Crippen LogP contribution >= 0.6 is 0 Å². The van der Waals surface area contributed by atoms with Gasteiger partial charge in [0.1, 0.15) is 12.3 Å². The van der Waals surface area contributed by atoms with E-state index in [1.807, 2.05) is 96.7 Å². The summed E-state index contributed by atoms with van der Waals surface area (Å²) in [5.74, 6) is -0.0625. The number of hydrogen-bond acceptors (Lipinski definition) is 12. The Kier molecular flexibility index (Phi) is 14.9. The van der Waals surface area contributed by atoms with Crippen LogP contribution in [0.25, 0.3) is 21.9 Å². The Morgan fingerprint density at radius 2 is 1.07 bits per heavy atom. The molecule has 0 fully saturated rings. The maximum atomic E-state index is 12.7. The van der Waals surface area contributed by atoms with E-state index in [2.05, 4.69) is 72.4 Å². The molecule has 0 amide bonds. The summed E-state index contributed by atoms with van der Waals surface area (Å²) in [6.07, 6.45) is 0.603. The first-order chi connectivity index (χ1) is 28.4. The fourth-order valence-corrected chi connectivity index (χ4v) is 7.43. The molecule has 4 aromatic carbocycles. The third-order valence-corrected chi connectivity index (χ3v) is 10.5. The molecule has 0 saturated carbocycles. The van der Waals surface area contributed by atoms with Crippen LogP contribution in [0.5, 0.6) is 0 Å². The van der Waals surface area contributed by atoms with Crippen LogP contribution in [0.4, 0.5) is 34.1 Å². The van der Waals surface area contributed by atoms with Gasteiger partial charge in [-0.25, -0.2) is 0 Å². The summed E-state index contributed by atoms with van der Waals surface area (Å²) in [4.78, 5) is 43.8. The SMILES string of the molecule is CC(=O)/C=C(/C)O.CCN(CC)c1ccc2[c-]c(C3Nc4ccccc4N3C)c(=O)oc2c1.CCN(CC)c1ccc2[c-]c(C3Nc4ccccc4N3C)c(=O)oc2c1.[Ir]. The Labute approximate surface area is 364 Å². The number of para-hydroxylation sites is 4. The maximum Gasteiger partial charge on any atom is 0.255 e. The summed E-state index contributed by atoms with van der Waals surface area (Å²) in [6, 6.07) is 34.4. The number of benzene rings is 4. The van der Waals surface area contributed by atoms with Gasteiger partial charge in [-0.05, 0) is 89.1 Å². The van der Waals surface area contributed by atoms with Gasteiger partial charge in [0.2, 0.25) is 0 Å². The molecule has 13 heteroatoms. The van der Waals surface area contributed by atoms with Crippen molar-refractivity contribution >= 4 is 61.8 Å². The minimum Gasteiger partial charge on any atom is -0.514 e. The minimum absolute atomic E-state index is 0. The third kappa shape index (κ3) is 9.70. The van der Waals surface area contributed by atoms with Crippen molar-refractivity contribution in [2.24, 2.45) is 0 Å². The Morgan fingerprint density at radius 3 is 1.38 bits per heavy atom. The van der Waals surface area contributed by atoms with Gasteiger partial charge in [-0.1, -0.05) is 36.4 Å². The zero-order chi connectivity index (χ0) is 42.4. The van der Waals surface area contributed by atoms with Crippen molar-refractivity contribution in [2.45, 2.75) is 53.9 Å². The van der Waals surface area contributed by atoms with Crippen molar-refractivity contribution in [1.82, 2.24) is 0 Å². The van der Waals surface area contributed by atoms with E-state index in [-0.39, 0.29) is 55.2 Å². The van der Waals surface area contributed by atoms with Gasteiger partial charge in [-0.15, -0.1) is 35.0 Å². The summed E-state index contributed by atoms with van der Waals surface area (Å²) in [5, 5.41) is 16.7. The maximum absolute atomic E-state index is 12.7. The standard InChI is InChI=1S/2C21H22N3O2.C5H8O2.Ir/c2*1-4-24(5-2)15-11-10-14-12-16(21(25)26-19(14)13-15)20-22-17-8-6-7-9-18(17)23(20)3;1-4(6)3-5(2)7;/h2*6-11,13,20,22H,4-5H2,1-3H3;3,6H,1-2H3;/q2*-1;;/b;;4-3-;. The molecule has 0 saturated heterocycles. The number of aliphatic hydroxyl groups excluding tert-OH is 1. The molecular weight excluding hydrogens is 937 g/mol. The second-order valence-corrected chi connectivity index (χ2v) is 14.3. The molecule has 6 aromatic rings. The van der Waals surface area contributed by atoms with Crippen LogP contribution in [0.2, 0.25) is 0 Å². The number of aliphatic hydroxyl groups is 1. The molecule has 8 rings (SSSR count). The molecule has 12 nitrogen and oxygen atoms in total. The molecule has 1 radical (unpaired) electrons. The third-order valence-electron chi connectivity index (χ3n) is 10.5. The largest absolute Gasteiger partial charge is 0.514 e. The van der Waals surface area contributed by atoms with Crippen molar-refractivity contribution < 1.29 is 38.8 Å². The van der Waals surface area contributed by atoms with E-state index in [1.54, 1.807) is 0 Å². The number of carbonyl (C=O) groups is 1. The number of ketones is 1. The van der Waals surface area contributed by atoms with Crippen LogP contribution in [0, 0.1) is 12.1 Å². The summed E-state index contributed by atoms with van der Waals surface area (Å²) >= 11 is 0. The number of rotatable bonds is 9. The Morgan fingerprint density at radius 1 is 0.683 bits per heavy atom. The van der Waals surface area contributed by atoms with Crippen molar-refractivity contribution in [3.8, 4) is 0 Å². The molecular formula is C47H52IrN6O6-2.